The summed E-state index contributed by atoms with van der Waals surface area (Å²) in [6, 6.07) is 7.84. The third-order valence-corrected chi connectivity index (χ3v) is 4.16. The first kappa shape index (κ1) is 16.7. The summed E-state index contributed by atoms with van der Waals surface area (Å²) in [6.07, 6.45) is 2.85. The zero-order valence-corrected chi connectivity index (χ0v) is 14.2. The Kier molecular flexibility index (Phi) is 4.73. The molecule has 128 valence electrons. The number of rotatable bonds is 5. The highest BCUT2D eigenvalue weighted by molar-refractivity contribution is 5.87. The van der Waals surface area contributed by atoms with Crippen LogP contribution in [-0.4, -0.2) is 42.3 Å². The molecular formula is C19H23NO4. The minimum absolute atomic E-state index is 0.132. The van der Waals surface area contributed by atoms with E-state index in [1.807, 2.05) is 38.1 Å². The fourth-order valence-electron chi connectivity index (χ4n) is 2.82. The minimum atomic E-state index is -0.274. The monoisotopic (exact) mass is 329 g/mol. The van der Waals surface area contributed by atoms with Crippen molar-refractivity contribution in [1.82, 2.24) is 4.90 Å². The highest BCUT2D eigenvalue weighted by atomic mass is 16.6. The van der Waals surface area contributed by atoms with E-state index < -0.39 is 0 Å². The zero-order chi connectivity index (χ0) is 17.2. The topological polar surface area (TPSA) is 51.9 Å². The summed E-state index contributed by atoms with van der Waals surface area (Å²) in [5.41, 5.74) is 1.50. The molecule has 0 bridgehead atoms. The van der Waals surface area contributed by atoms with E-state index in [0.29, 0.717) is 26.3 Å². The molecule has 0 aliphatic carbocycles. The standard InChI is InChI=1S/C19H23NO4/c1-4-17(21)20(11-16-12-24-19(2,3)13-23-16)10-15-7-5-6-14-8-9-22-18(14)15/h4-9,16H,1,10-13H2,2-3H3. The van der Waals surface area contributed by atoms with E-state index in [2.05, 4.69) is 6.58 Å². The summed E-state index contributed by atoms with van der Waals surface area (Å²) in [4.78, 5) is 14.0. The number of hydrogen-bond donors (Lipinski definition) is 0. The summed E-state index contributed by atoms with van der Waals surface area (Å²) in [6.45, 7) is 9.48. The van der Waals surface area contributed by atoms with Crippen LogP contribution in [0.1, 0.15) is 19.4 Å². The number of furan rings is 1. The quantitative estimate of drug-likeness (QED) is 0.791. The van der Waals surface area contributed by atoms with Crippen LogP contribution in [0.25, 0.3) is 11.0 Å². The van der Waals surface area contributed by atoms with Crippen LogP contribution >= 0.6 is 0 Å². The smallest absolute Gasteiger partial charge is 0.246 e. The summed E-state index contributed by atoms with van der Waals surface area (Å²) in [7, 11) is 0. The van der Waals surface area contributed by atoms with Gasteiger partial charge in [-0.05, 0) is 26.0 Å². The lowest BCUT2D eigenvalue weighted by Gasteiger charge is -2.37. The fourth-order valence-corrected chi connectivity index (χ4v) is 2.82. The van der Waals surface area contributed by atoms with Gasteiger partial charge in [0.2, 0.25) is 5.91 Å². The van der Waals surface area contributed by atoms with Gasteiger partial charge in [0.25, 0.3) is 0 Å². The average Bonchev–Trinajstić information content (AvgIpc) is 3.05. The van der Waals surface area contributed by atoms with E-state index in [-0.39, 0.29) is 17.6 Å². The molecule has 1 unspecified atom stereocenters. The predicted octanol–water partition coefficient (Wildman–Crippen LogP) is 3.14. The lowest BCUT2D eigenvalue weighted by molar-refractivity contribution is -0.180. The Bertz CT molecular complexity index is 724. The highest BCUT2D eigenvalue weighted by Gasteiger charge is 2.30. The van der Waals surface area contributed by atoms with Gasteiger partial charge in [-0.25, -0.2) is 0 Å². The molecule has 3 rings (SSSR count). The van der Waals surface area contributed by atoms with Crippen molar-refractivity contribution in [3.63, 3.8) is 0 Å². The van der Waals surface area contributed by atoms with Crippen LogP contribution in [0.3, 0.4) is 0 Å². The van der Waals surface area contributed by atoms with Crippen LogP contribution < -0.4 is 0 Å². The second kappa shape index (κ2) is 6.79. The fraction of sp³-hybridized carbons (Fsp3) is 0.421. The first-order valence-corrected chi connectivity index (χ1v) is 8.10. The van der Waals surface area contributed by atoms with Crippen molar-refractivity contribution in [3.8, 4) is 0 Å². The molecule has 5 heteroatoms. The molecule has 24 heavy (non-hydrogen) atoms. The van der Waals surface area contributed by atoms with Crippen molar-refractivity contribution in [1.29, 1.82) is 0 Å². The number of benzene rings is 1. The normalized spacial score (nSPS) is 20.0. The van der Waals surface area contributed by atoms with E-state index in [1.165, 1.54) is 6.08 Å². The molecule has 2 heterocycles. The number of para-hydroxylation sites is 1. The third kappa shape index (κ3) is 3.68. The molecule has 1 saturated heterocycles. The average molecular weight is 329 g/mol. The molecule has 5 nitrogen and oxygen atoms in total. The van der Waals surface area contributed by atoms with Gasteiger partial charge in [-0.3, -0.25) is 4.79 Å². The van der Waals surface area contributed by atoms with Crippen molar-refractivity contribution >= 4 is 16.9 Å². The van der Waals surface area contributed by atoms with Crippen LogP contribution in [0.5, 0.6) is 0 Å². The SMILES string of the molecule is C=CC(=O)N(Cc1cccc2ccoc12)CC1COC(C)(C)CO1. The van der Waals surface area contributed by atoms with Gasteiger partial charge in [-0.2, -0.15) is 0 Å². The number of amides is 1. The maximum atomic E-state index is 12.3. The van der Waals surface area contributed by atoms with Crippen LogP contribution in [0, 0.1) is 0 Å². The van der Waals surface area contributed by atoms with Crippen LogP contribution in [0.15, 0.2) is 47.6 Å². The van der Waals surface area contributed by atoms with Crippen molar-refractivity contribution < 1.29 is 18.7 Å². The molecule has 1 aliphatic heterocycles. The highest BCUT2D eigenvalue weighted by Crippen LogP contribution is 2.23. The van der Waals surface area contributed by atoms with Crippen molar-refractivity contribution in [2.45, 2.75) is 32.1 Å². The lowest BCUT2D eigenvalue weighted by Crippen LogP contribution is -2.47. The number of hydrogen-bond acceptors (Lipinski definition) is 4. The maximum Gasteiger partial charge on any atom is 0.246 e. The van der Waals surface area contributed by atoms with Crippen molar-refractivity contribution in [2.75, 3.05) is 19.8 Å². The number of carbonyl (C=O) groups excluding carboxylic acids is 1. The van der Waals surface area contributed by atoms with Gasteiger partial charge in [-0.1, -0.05) is 24.8 Å². The van der Waals surface area contributed by atoms with Gasteiger partial charge in [0.15, 0.2) is 0 Å². The van der Waals surface area contributed by atoms with Gasteiger partial charge in [0, 0.05) is 24.0 Å². The molecule has 1 aromatic heterocycles. The number of fused-ring (bicyclic) bond motifs is 1. The minimum Gasteiger partial charge on any atom is -0.464 e. The molecule has 1 aromatic carbocycles. The molecular weight excluding hydrogens is 306 g/mol. The molecule has 1 fully saturated rings. The van der Waals surface area contributed by atoms with Crippen LogP contribution in [-0.2, 0) is 20.8 Å². The Morgan fingerprint density at radius 2 is 2.25 bits per heavy atom. The summed E-state index contributed by atoms with van der Waals surface area (Å²) in [5.74, 6) is -0.132. The second-order valence-electron chi connectivity index (χ2n) is 6.68. The van der Waals surface area contributed by atoms with Gasteiger partial charge >= 0.3 is 0 Å². The summed E-state index contributed by atoms with van der Waals surface area (Å²) < 4.78 is 17.2. The molecule has 1 aliphatic rings. The van der Waals surface area contributed by atoms with E-state index in [0.717, 1.165) is 16.5 Å². The Labute approximate surface area is 141 Å². The molecule has 1 atom stereocenters. The molecule has 2 aromatic rings. The molecule has 0 N–H and O–H groups in total. The van der Waals surface area contributed by atoms with Crippen LogP contribution in [0.4, 0.5) is 0 Å². The Morgan fingerprint density at radius 1 is 1.42 bits per heavy atom. The maximum absolute atomic E-state index is 12.3. The molecule has 0 spiro atoms. The number of nitrogens with zero attached hydrogens (tertiary/aromatic N) is 1. The van der Waals surface area contributed by atoms with Crippen molar-refractivity contribution in [3.05, 3.63) is 48.7 Å². The summed E-state index contributed by atoms with van der Waals surface area (Å²) in [5, 5.41) is 1.03. The van der Waals surface area contributed by atoms with Crippen molar-refractivity contribution in [2.24, 2.45) is 0 Å². The lowest BCUT2D eigenvalue weighted by atomic mass is 10.1. The third-order valence-electron chi connectivity index (χ3n) is 4.16. The molecule has 0 radical (unpaired) electrons. The number of carbonyl (C=O) groups is 1. The van der Waals surface area contributed by atoms with E-state index in [1.54, 1.807) is 11.2 Å². The van der Waals surface area contributed by atoms with E-state index in [9.17, 15) is 4.79 Å². The molecule has 0 saturated carbocycles. The number of ether oxygens (including phenoxy) is 2. The van der Waals surface area contributed by atoms with Gasteiger partial charge < -0.3 is 18.8 Å². The van der Waals surface area contributed by atoms with Gasteiger partial charge in [-0.15, -0.1) is 0 Å². The largest absolute Gasteiger partial charge is 0.464 e. The predicted molar refractivity (Wildman–Crippen MR) is 91.6 cm³/mol. The second-order valence-corrected chi connectivity index (χ2v) is 6.68. The van der Waals surface area contributed by atoms with Crippen LogP contribution in [0.2, 0.25) is 0 Å². The Balaban J connectivity index is 1.74. The zero-order valence-electron chi connectivity index (χ0n) is 14.2. The van der Waals surface area contributed by atoms with E-state index >= 15 is 0 Å². The van der Waals surface area contributed by atoms with E-state index in [4.69, 9.17) is 13.9 Å². The van der Waals surface area contributed by atoms with Gasteiger partial charge in [0.05, 0.1) is 31.2 Å². The summed E-state index contributed by atoms with van der Waals surface area (Å²) >= 11 is 0. The van der Waals surface area contributed by atoms with Gasteiger partial charge in [0.1, 0.15) is 5.58 Å². The molecule has 1 amide bonds. The first-order chi connectivity index (χ1) is 11.5. The Morgan fingerprint density at radius 3 is 2.96 bits per heavy atom. The first-order valence-electron chi connectivity index (χ1n) is 8.10. The Hall–Kier alpha value is -2.11.